The van der Waals surface area contributed by atoms with Gasteiger partial charge in [0.15, 0.2) is 0 Å². The number of ether oxygens (including phenoxy) is 1. The fourth-order valence-corrected chi connectivity index (χ4v) is 2.01. The minimum Gasteiger partial charge on any atom is -0.495 e. The van der Waals surface area contributed by atoms with Gasteiger partial charge in [-0.1, -0.05) is 13.8 Å². The molecule has 0 fully saturated rings. The second-order valence-corrected chi connectivity index (χ2v) is 4.86. The number of non-ortho nitro benzene ring substituents is 1. The van der Waals surface area contributed by atoms with Crippen LogP contribution in [0.4, 0.5) is 11.4 Å². The lowest BCUT2D eigenvalue weighted by Crippen LogP contribution is -2.32. The third-order valence-electron chi connectivity index (χ3n) is 3.88. The minimum absolute atomic E-state index is 0.0101. The van der Waals surface area contributed by atoms with Crippen molar-refractivity contribution >= 4 is 11.4 Å². The molecule has 6 heteroatoms. The molecule has 1 aromatic rings. The highest BCUT2D eigenvalue weighted by Crippen LogP contribution is 2.32. The van der Waals surface area contributed by atoms with Crippen molar-refractivity contribution in [2.45, 2.75) is 26.7 Å². The molecule has 1 rings (SSSR count). The summed E-state index contributed by atoms with van der Waals surface area (Å²) in [7, 11) is 1.52. The topological polar surface area (TPSA) is 84.6 Å². The van der Waals surface area contributed by atoms with Crippen LogP contribution in [0, 0.1) is 15.5 Å². The van der Waals surface area contributed by atoms with Gasteiger partial charge in [-0.05, 0) is 18.9 Å². The average molecular weight is 282 g/mol. The number of methoxy groups -OCH3 is 1. The molecule has 20 heavy (non-hydrogen) atoms. The minimum atomic E-state index is -0.441. The number of nitrogens with one attached hydrogen (secondary N) is 1. The van der Waals surface area contributed by atoms with E-state index in [1.54, 1.807) is 6.07 Å². The predicted octanol–water partition coefficient (Wildman–Crippen LogP) is 2.81. The number of hydrogen-bond acceptors (Lipinski definition) is 5. The zero-order chi connectivity index (χ0) is 15.2. The number of nitro benzene ring substituents is 1. The van der Waals surface area contributed by atoms with Gasteiger partial charge in [0.1, 0.15) is 5.75 Å². The lowest BCUT2D eigenvalue weighted by molar-refractivity contribution is -0.384. The summed E-state index contributed by atoms with van der Waals surface area (Å²) in [6, 6.07) is 4.42. The maximum absolute atomic E-state index is 10.8. The van der Waals surface area contributed by atoms with E-state index in [1.165, 1.54) is 19.2 Å². The molecular weight excluding hydrogens is 260 g/mol. The Kier molecular flexibility index (Phi) is 5.76. The first-order chi connectivity index (χ1) is 9.51. The van der Waals surface area contributed by atoms with Crippen LogP contribution in [-0.4, -0.2) is 30.3 Å². The maximum atomic E-state index is 10.8. The largest absolute Gasteiger partial charge is 0.495 e. The zero-order valence-electron chi connectivity index (χ0n) is 12.2. The number of aliphatic hydroxyl groups is 1. The van der Waals surface area contributed by atoms with Gasteiger partial charge in [-0.15, -0.1) is 0 Å². The van der Waals surface area contributed by atoms with Gasteiger partial charge in [0.05, 0.1) is 24.3 Å². The van der Waals surface area contributed by atoms with Crippen molar-refractivity contribution in [3.8, 4) is 5.75 Å². The van der Waals surface area contributed by atoms with Crippen molar-refractivity contribution in [1.82, 2.24) is 0 Å². The van der Waals surface area contributed by atoms with Gasteiger partial charge in [0, 0.05) is 24.1 Å². The summed E-state index contributed by atoms with van der Waals surface area (Å²) in [5, 5.41) is 23.5. The summed E-state index contributed by atoms with van der Waals surface area (Å²) in [5.74, 6) is 0.551. The van der Waals surface area contributed by atoms with Crippen molar-refractivity contribution in [1.29, 1.82) is 0 Å². The number of benzene rings is 1. The van der Waals surface area contributed by atoms with Gasteiger partial charge in [-0.25, -0.2) is 0 Å². The summed E-state index contributed by atoms with van der Waals surface area (Å²) in [5.41, 5.74) is 0.354. The van der Waals surface area contributed by atoms with E-state index in [0.717, 1.165) is 12.8 Å². The van der Waals surface area contributed by atoms with E-state index in [1.807, 2.05) is 13.8 Å². The summed E-state index contributed by atoms with van der Waals surface area (Å²) >= 11 is 0. The molecule has 0 amide bonds. The third kappa shape index (κ3) is 3.60. The van der Waals surface area contributed by atoms with E-state index >= 15 is 0 Å². The first-order valence-corrected chi connectivity index (χ1v) is 6.69. The van der Waals surface area contributed by atoms with E-state index in [2.05, 4.69) is 5.32 Å². The summed E-state index contributed by atoms with van der Waals surface area (Å²) in [6.07, 6.45) is 1.65. The number of anilines is 1. The highest BCUT2D eigenvalue weighted by atomic mass is 16.6. The average Bonchev–Trinajstić information content (AvgIpc) is 2.49. The van der Waals surface area contributed by atoms with Gasteiger partial charge < -0.3 is 15.2 Å². The monoisotopic (exact) mass is 282 g/mol. The Balaban J connectivity index is 2.95. The van der Waals surface area contributed by atoms with Gasteiger partial charge in [0.2, 0.25) is 0 Å². The van der Waals surface area contributed by atoms with Crippen molar-refractivity contribution < 1.29 is 14.8 Å². The van der Waals surface area contributed by atoms with Crippen LogP contribution in [0.2, 0.25) is 0 Å². The number of nitro groups is 1. The SMILES string of the molecule is CCC(CC)(CO)CNc1cc([N+](=O)[O-])ccc1OC. The lowest BCUT2D eigenvalue weighted by Gasteiger charge is -2.30. The molecule has 0 heterocycles. The van der Waals surface area contributed by atoms with E-state index in [-0.39, 0.29) is 17.7 Å². The molecule has 0 radical (unpaired) electrons. The normalized spacial score (nSPS) is 11.2. The Hall–Kier alpha value is -1.82. The fourth-order valence-electron chi connectivity index (χ4n) is 2.01. The van der Waals surface area contributed by atoms with E-state index in [0.29, 0.717) is 18.0 Å². The number of rotatable bonds is 8. The smallest absolute Gasteiger partial charge is 0.271 e. The Labute approximate surface area is 118 Å². The maximum Gasteiger partial charge on any atom is 0.271 e. The molecule has 112 valence electrons. The van der Waals surface area contributed by atoms with Crippen LogP contribution in [0.3, 0.4) is 0 Å². The molecule has 0 saturated carbocycles. The van der Waals surface area contributed by atoms with E-state index in [9.17, 15) is 15.2 Å². The number of aliphatic hydroxyl groups excluding tert-OH is 1. The molecular formula is C14H22N2O4. The quantitative estimate of drug-likeness (QED) is 0.565. The Morgan fingerprint density at radius 1 is 1.40 bits per heavy atom. The zero-order valence-corrected chi connectivity index (χ0v) is 12.2. The molecule has 0 bridgehead atoms. The Morgan fingerprint density at radius 2 is 2.05 bits per heavy atom. The van der Waals surface area contributed by atoms with Gasteiger partial charge >= 0.3 is 0 Å². The van der Waals surface area contributed by atoms with Gasteiger partial charge in [0.25, 0.3) is 5.69 Å². The molecule has 0 saturated heterocycles. The number of nitrogens with zero attached hydrogens (tertiary/aromatic N) is 1. The summed E-state index contributed by atoms with van der Waals surface area (Å²) < 4.78 is 5.20. The Morgan fingerprint density at radius 3 is 2.50 bits per heavy atom. The van der Waals surface area contributed by atoms with Gasteiger partial charge in [-0.3, -0.25) is 10.1 Å². The summed E-state index contributed by atoms with van der Waals surface area (Å²) in [4.78, 5) is 10.4. The van der Waals surface area contributed by atoms with Crippen molar-refractivity contribution in [3.05, 3.63) is 28.3 Å². The van der Waals surface area contributed by atoms with Crippen LogP contribution >= 0.6 is 0 Å². The molecule has 6 nitrogen and oxygen atoms in total. The first kappa shape index (κ1) is 16.2. The fraction of sp³-hybridized carbons (Fsp3) is 0.571. The second kappa shape index (κ2) is 7.09. The highest BCUT2D eigenvalue weighted by Gasteiger charge is 2.25. The standard InChI is InChI=1S/C14H22N2O4/c1-4-14(5-2,10-17)9-15-12-8-11(16(18)19)6-7-13(12)20-3/h6-8,15,17H,4-5,9-10H2,1-3H3. The predicted molar refractivity (Wildman–Crippen MR) is 78.2 cm³/mol. The van der Waals surface area contributed by atoms with Crippen LogP contribution in [0.5, 0.6) is 5.75 Å². The second-order valence-electron chi connectivity index (χ2n) is 4.86. The summed E-state index contributed by atoms with van der Waals surface area (Å²) in [6.45, 7) is 4.65. The van der Waals surface area contributed by atoms with Crippen LogP contribution in [-0.2, 0) is 0 Å². The Bertz CT molecular complexity index is 450. The lowest BCUT2D eigenvalue weighted by atomic mass is 9.83. The van der Waals surface area contributed by atoms with E-state index in [4.69, 9.17) is 4.74 Å². The molecule has 2 N–H and O–H groups in total. The van der Waals surface area contributed by atoms with Crippen LogP contribution in [0.15, 0.2) is 18.2 Å². The molecule has 0 spiro atoms. The highest BCUT2D eigenvalue weighted by molar-refractivity contribution is 5.61. The van der Waals surface area contributed by atoms with Crippen molar-refractivity contribution in [2.24, 2.45) is 5.41 Å². The molecule has 0 aliphatic heterocycles. The third-order valence-corrected chi connectivity index (χ3v) is 3.88. The molecule has 0 aliphatic rings. The number of hydrogen-bond donors (Lipinski definition) is 2. The molecule has 0 aliphatic carbocycles. The molecule has 0 aromatic heterocycles. The van der Waals surface area contributed by atoms with Gasteiger partial charge in [-0.2, -0.15) is 0 Å². The van der Waals surface area contributed by atoms with Crippen molar-refractivity contribution in [3.63, 3.8) is 0 Å². The first-order valence-electron chi connectivity index (χ1n) is 6.69. The molecule has 1 aromatic carbocycles. The molecule has 0 unspecified atom stereocenters. The van der Waals surface area contributed by atoms with E-state index < -0.39 is 4.92 Å². The van der Waals surface area contributed by atoms with Crippen LogP contribution in [0.25, 0.3) is 0 Å². The van der Waals surface area contributed by atoms with Crippen molar-refractivity contribution in [2.75, 3.05) is 25.6 Å². The molecule has 0 atom stereocenters. The van der Waals surface area contributed by atoms with Crippen LogP contribution < -0.4 is 10.1 Å². The van der Waals surface area contributed by atoms with Crippen LogP contribution in [0.1, 0.15) is 26.7 Å².